The molecule has 0 saturated carbocycles. The van der Waals surface area contributed by atoms with Crippen LogP contribution in [-0.2, 0) is 11.3 Å². The lowest BCUT2D eigenvalue weighted by Gasteiger charge is -2.03. The quantitative estimate of drug-likeness (QED) is 0.690. The SMILES string of the molecule is O=C(/C=C/c1ccc(-c2ccccc2F)o1)NCc1ccc2c(c1)OCO2. The van der Waals surface area contributed by atoms with Crippen molar-refractivity contribution in [2.45, 2.75) is 6.54 Å². The van der Waals surface area contributed by atoms with Gasteiger partial charge in [0.05, 0.1) is 5.56 Å². The van der Waals surface area contributed by atoms with Crippen LogP contribution in [0.2, 0.25) is 0 Å². The number of carbonyl (C=O) groups excluding carboxylic acids is 1. The number of furan rings is 1. The predicted molar refractivity (Wildman–Crippen MR) is 97.5 cm³/mol. The summed E-state index contributed by atoms with van der Waals surface area (Å²) >= 11 is 0. The number of fused-ring (bicyclic) bond motifs is 1. The van der Waals surface area contributed by atoms with Crippen LogP contribution in [0.4, 0.5) is 4.39 Å². The van der Waals surface area contributed by atoms with Crippen LogP contribution in [-0.4, -0.2) is 12.7 Å². The summed E-state index contributed by atoms with van der Waals surface area (Å²) in [5, 5.41) is 2.78. The molecule has 0 atom stereocenters. The first-order valence-corrected chi connectivity index (χ1v) is 8.38. The molecule has 0 radical (unpaired) electrons. The topological polar surface area (TPSA) is 60.7 Å². The standard InChI is InChI=1S/C21H16FNO4/c22-17-4-2-1-3-16(17)18-9-6-15(27-18)7-10-21(24)23-12-14-5-8-19-20(11-14)26-13-25-19/h1-11H,12-13H2,(H,23,24)/b10-7+. The molecule has 136 valence electrons. The molecule has 0 aliphatic carbocycles. The summed E-state index contributed by atoms with van der Waals surface area (Å²) in [7, 11) is 0. The Morgan fingerprint density at radius 2 is 1.93 bits per heavy atom. The Kier molecular flexibility index (Phi) is 4.61. The highest BCUT2D eigenvalue weighted by atomic mass is 19.1. The maximum atomic E-state index is 13.8. The van der Waals surface area contributed by atoms with Gasteiger partial charge >= 0.3 is 0 Å². The minimum atomic E-state index is -0.358. The number of nitrogens with one attached hydrogen (secondary N) is 1. The summed E-state index contributed by atoms with van der Waals surface area (Å²) in [6, 6.07) is 15.2. The average Bonchev–Trinajstić information content (AvgIpc) is 3.34. The maximum absolute atomic E-state index is 13.8. The number of benzene rings is 2. The van der Waals surface area contributed by atoms with E-state index < -0.39 is 0 Å². The second-order valence-electron chi connectivity index (χ2n) is 5.92. The highest BCUT2D eigenvalue weighted by Crippen LogP contribution is 2.32. The molecule has 2 heterocycles. The monoisotopic (exact) mass is 365 g/mol. The van der Waals surface area contributed by atoms with Crippen molar-refractivity contribution in [1.82, 2.24) is 5.32 Å². The van der Waals surface area contributed by atoms with Crippen LogP contribution in [0.5, 0.6) is 11.5 Å². The highest BCUT2D eigenvalue weighted by Gasteiger charge is 2.13. The Balaban J connectivity index is 1.36. The molecule has 0 spiro atoms. The van der Waals surface area contributed by atoms with E-state index >= 15 is 0 Å². The van der Waals surface area contributed by atoms with E-state index in [4.69, 9.17) is 13.9 Å². The van der Waals surface area contributed by atoms with E-state index in [-0.39, 0.29) is 18.5 Å². The summed E-state index contributed by atoms with van der Waals surface area (Å²) in [5.41, 5.74) is 1.28. The zero-order chi connectivity index (χ0) is 18.6. The average molecular weight is 365 g/mol. The lowest BCUT2D eigenvalue weighted by molar-refractivity contribution is -0.116. The highest BCUT2D eigenvalue weighted by molar-refractivity contribution is 5.91. The Morgan fingerprint density at radius 1 is 1.07 bits per heavy atom. The largest absolute Gasteiger partial charge is 0.457 e. The first kappa shape index (κ1) is 16.9. The molecular weight excluding hydrogens is 349 g/mol. The summed E-state index contributed by atoms with van der Waals surface area (Å²) in [6.45, 7) is 0.574. The Hall–Kier alpha value is -3.54. The van der Waals surface area contributed by atoms with Crippen LogP contribution in [0.1, 0.15) is 11.3 Å². The molecule has 2 aromatic carbocycles. The molecule has 1 aliphatic rings. The molecule has 0 unspecified atom stereocenters. The van der Waals surface area contributed by atoms with Gasteiger partial charge in [0, 0.05) is 12.6 Å². The van der Waals surface area contributed by atoms with Crippen molar-refractivity contribution in [3.63, 3.8) is 0 Å². The van der Waals surface area contributed by atoms with Gasteiger partial charge in [-0.3, -0.25) is 4.79 Å². The van der Waals surface area contributed by atoms with Crippen LogP contribution >= 0.6 is 0 Å². The third kappa shape index (κ3) is 3.84. The van der Waals surface area contributed by atoms with Gasteiger partial charge in [-0.05, 0) is 48.0 Å². The lowest BCUT2D eigenvalue weighted by atomic mass is 10.1. The number of rotatable bonds is 5. The van der Waals surface area contributed by atoms with Gasteiger partial charge in [-0.15, -0.1) is 0 Å². The Morgan fingerprint density at radius 3 is 2.81 bits per heavy atom. The summed E-state index contributed by atoms with van der Waals surface area (Å²) < 4.78 is 29.9. The third-order valence-corrected chi connectivity index (χ3v) is 4.07. The van der Waals surface area contributed by atoms with Crippen molar-refractivity contribution < 1.29 is 23.1 Å². The Labute approximate surface area is 155 Å². The van der Waals surface area contributed by atoms with Crippen LogP contribution in [0.3, 0.4) is 0 Å². The summed E-state index contributed by atoms with van der Waals surface area (Å²) in [5.74, 6) is 1.63. The minimum absolute atomic E-state index is 0.214. The second kappa shape index (κ2) is 7.37. The van der Waals surface area contributed by atoms with Crippen molar-refractivity contribution in [2.24, 2.45) is 0 Å². The van der Waals surface area contributed by atoms with Gasteiger partial charge in [0.15, 0.2) is 11.5 Å². The molecule has 1 aliphatic heterocycles. The van der Waals surface area contributed by atoms with E-state index in [1.165, 1.54) is 12.1 Å². The van der Waals surface area contributed by atoms with E-state index in [0.29, 0.717) is 35.1 Å². The smallest absolute Gasteiger partial charge is 0.244 e. The zero-order valence-corrected chi connectivity index (χ0v) is 14.3. The van der Waals surface area contributed by atoms with Crippen molar-refractivity contribution in [1.29, 1.82) is 0 Å². The molecule has 1 N–H and O–H groups in total. The van der Waals surface area contributed by atoms with Gasteiger partial charge < -0.3 is 19.2 Å². The van der Waals surface area contributed by atoms with Gasteiger partial charge in [-0.2, -0.15) is 0 Å². The van der Waals surface area contributed by atoms with Crippen molar-refractivity contribution in [2.75, 3.05) is 6.79 Å². The van der Waals surface area contributed by atoms with E-state index in [1.54, 1.807) is 36.4 Å². The predicted octanol–water partition coefficient (Wildman–Crippen LogP) is 4.14. The third-order valence-electron chi connectivity index (χ3n) is 4.07. The number of hydrogen-bond donors (Lipinski definition) is 1. The molecule has 0 fully saturated rings. The molecule has 1 amide bonds. The minimum Gasteiger partial charge on any atom is -0.457 e. The van der Waals surface area contributed by atoms with Gasteiger partial charge in [-0.1, -0.05) is 18.2 Å². The number of hydrogen-bond acceptors (Lipinski definition) is 4. The number of carbonyl (C=O) groups is 1. The number of amides is 1. The zero-order valence-electron chi connectivity index (χ0n) is 14.3. The molecule has 5 nitrogen and oxygen atoms in total. The molecule has 0 bridgehead atoms. The van der Waals surface area contributed by atoms with Crippen molar-refractivity contribution in [3.05, 3.63) is 77.8 Å². The maximum Gasteiger partial charge on any atom is 0.244 e. The van der Waals surface area contributed by atoms with Crippen molar-refractivity contribution in [3.8, 4) is 22.8 Å². The molecule has 27 heavy (non-hydrogen) atoms. The van der Waals surface area contributed by atoms with Crippen LogP contribution in [0.15, 0.2) is 65.1 Å². The van der Waals surface area contributed by atoms with Crippen LogP contribution in [0, 0.1) is 5.82 Å². The van der Waals surface area contributed by atoms with Gasteiger partial charge in [0.1, 0.15) is 17.3 Å². The summed E-state index contributed by atoms with van der Waals surface area (Å²) in [6.07, 6.45) is 2.91. The van der Waals surface area contributed by atoms with Gasteiger partial charge in [0.25, 0.3) is 0 Å². The van der Waals surface area contributed by atoms with Gasteiger partial charge in [-0.25, -0.2) is 4.39 Å². The normalized spacial score (nSPS) is 12.5. The molecule has 6 heteroatoms. The van der Waals surface area contributed by atoms with Crippen molar-refractivity contribution >= 4 is 12.0 Å². The first-order valence-electron chi connectivity index (χ1n) is 8.38. The molecular formula is C21H16FNO4. The fourth-order valence-electron chi connectivity index (χ4n) is 2.71. The Bertz CT molecular complexity index is 1010. The van der Waals surface area contributed by atoms with Gasteiger partial charge in [0.2, 0.25) is 12.7 Å². The second-order valence-corrected chi connectivity index (χ2v) is 5.92. The fraction of sp³-hybridized carbons (Fsp3) is 0.0952. The molecule has 1 aromatic heterocycles. The molecule has 3 aromatic rings. The van der Waals surface area contributed by atoms with E-state index in [2.05, 4.69) is 5.32 Å². The first-order chi connectivity index (χ1) is 13.2. The number of halogens is 1. The lowest BCUT2D eigenvalue weighted by Crippen LogP contribution is -2.20. The molecule has 4 rings (SSSR count). The van der Waals surface area contributed by atoms with E-state index in [0.717, 1.165) is 5.56 Å². The van der Waals surface area contributed by atoms with E-state index in [1.807, 2.05) is 18.2 Å². The van der Waals surface area contributed by atoms with Crippen LogP contribution in [0.25, 0.3) is 17.4 Å². The number of ether oxygens (including phenoxy) is 2. The molecule has 0 saturated heterocycles. The summed E-state index contributed by atoms with van der Waals surface area (Å²) in [4.78, 5) is 12.0. The van der Waals surface area contributed by atoms with Crippen LogP contribution < -0.4 is 14.8 Å². The van der Waals surface area contributed by atoms with E-state index in [9.17, 15) is 9.18 Å². The fourth-order valence-corrected chi connectivity index (χ4v) is 2.71.